The number of rotatable bonds is 7. The van der Waals surface area contributed by atoms with E-state index in [9.17, 15) is 9.59 Å². The monoisotopic (exact) mass is 346 g/mol. The van der Waals surface area contributed by atoms with Gasteiger partial charge in [-0.3, -0.25) is 15.0 Å². The Kier molecular flexibility index (Phi) is 6.82. The van der Waals surface area contributed by atoms with Crippen LogP contribution in [0.1, 0.15) is 45.2 Å². The Hall–Kier alpha value is -2.08. The molecular formula is C19H30N4O2. The van der Waals surface area contributed by atoms with Crippen LogP contribution in [-0.4, -0.2) is 36.0 Å². The number of carbonyl (C=O) groups excluding carboxylic acids is 2. The number of nitrogens with one attached hydrogen (secondary N) is 3. The lowest BCUT2D eigenvalue weighted by Gasteiger charge is -2.27. The van der Waals surface area contributed by atoms with Crippen molar-refractivity contribution in [3.63, 3.8) is 0 Å². The van der Waals surface area contributed by atoms with Gasteiger partial charge >= 0.3 is 6.03 Å². The Morgan fingerprint density at radius 3 is 2.64 bits per heavy atom. The molecule has 1 aliphatic heterocycles. The predicted octanol–water partition coefficient (Wildman–Crippen LogP) is 2.69. The molecule has 0 aromatic heterocycles. The Morgan fingerprint density at radius 2 is 1.96 bits per heavy atom. The van der Waals surface area contributed by atoms with Gasteiger partial charge in [-0.25, -0.2) is 4.79 Å². The Labute approximate surface area is 150 Å². The molecule has 0 radical (unpaired) electrons. The first-order chi connectivity index (χ1) is 11.9. The smallest absolute Gasteiger partial charge is 0.321 e. The molecule has 1 aromatic rings. The maximum absolute atomic E-state index is 11.9. The van der Waals surface area contributed by atoms with E-state index < -0.39 is 6.03 Å². The molecule has 0 saturated heterocycles. The molecule has 0 bridgehead atoms. The molecule has 3 N–H and O–H groups in total. The van der Waals surface area contributed by atoms with E-state index in [0.717, 1.165) is 25.2 Å². The van der Waals surface area contributed by atoms with Crippen LogP contribution in [0, 0.1) is 5.92 Å². The number of fused-ring (bicyclic) bond motifs is 1. The Bertz CT molecular complexity index is 615. The lowest BCUT2D eigenvalue weighted by Crippen LogP contribution is -2.42. The number of nitrogens with zero attached hydrogens (tertiary/aromatic N) is 1. The Balaban J connectivity index is 1.92. The van der Waals surface area contributed by atoms with Crippen LogP contribution in [0.3, 0.4) is 0 Å². The maximum atomic E-state index is 11.9. The van der Waals surface area contributed by atoms with E-state index in [1.165, 1.54) is 11.1 Å². The molecular weight excluding hydrogens is 316 g/mol. The predicted molar refractivity (Wildman–Crippen MR) is 100 cm³/mol. The highest BCUT2D eigenvalue weighted by molar-refractivity contribution is 5.96. The van der Waals surface area contributed by atoms with Crippen molar-refractivity contribution in [3.8, 4) is 0 Å². The molecule has 1 heterocycles. The summed E-state index contributed by atoms with van der Waals surface area (Å²) in [6.45, 7) is 11.2. The highest BCUT2D eigenvalue weighted by Crippen LogP contribution is 2.31. The highest BCUT2D eigenvalue weighted by Gasteiger charge is 2.26. The minimum Gasteiger partial charge on any atom is -0.376 e. The molecule has 2 rings (SSSR count). The summed E-state index contributed by atoms with van der Waals surface area (Å²) in [6, 6.07) is 6.21. The zero-order valence-electron chi connectivity index (χ0n) is 15.7. The van der Waals surface area contributed by atoms with E-state index in [4.69, 9.17) is 0 Å². The van der Waals surface area contributed by atoms with Gasteiger partial charge in [0.1, 0.15) is 0 Å². The van der Waals surface area contributed by atoms with Gasteiger partial charge in [-0.05, 0) is 36.5 Å². The summed E-state index contributed by atoms with van der Waals surface area (Å²) in [5, 5.41) is 8.14. The van der Waals surface area contributed by atoms with E-state index in [1.54, 1.807) is 0 Å². The zero-order chi connectivity index (χ0) is 18.4. The molecule has 138 valence electrons. The fourth-order valence-corrected chi connectivity index (χ4v) is 2.95. The number of urea groups is 1. The summed E-state index contributed by atoms with van der Waals surface area (Å²) in [5.74, 6) is 0.259. The summed E-state index contributed by atoms with van der Waals surface area (Å²) < 4.78 is 0. The van der Waals surface area contributed by atoms with Crippen molar-refractivity contribution >= 4 is 17.6 Å². The van der Waals surface area contributed by atoms with Crippen LogP contribution < -0.4 is 16.0 Å². The second kappa shape index (κ2) is 8.85. The van der Waals surface area contributed by atoms with Crippen molar-refractivity contribution in [2.75, 3.05) is 18.4 Å². The fraction of sp³-hybridized carbons (Fsp3) is 0.579. The van der Waals surface area contributed by atoms with Gasteiger partial charge in [0.05, 0.1) is 6.54 Å². The molecule has 0 fully saturated rings. The first-order valence-electron chi connectivity index (χ1n) is 9.08. The number of anilines is 1. The van der Waals surface area contributed by atoms with Gasteiger partial charge in [0, 0.05) is 31.4 Å². The SMILES string of the molecule is CCCNC(=O)NC(=O)CNc1cccc2c1CN(C(C)C(C)C)C2. The average molecular weight is 346 g/mol. The third-order valence-corrected chi connectivity index (χ3v) is 4.78. The van der Waals surface area contributed by atoms with E-state index in [0.29, 0.717) is 18.5 Å². The number of imide groups is 1. The lowest BCUT2D eigenvalue weighted by molar-refractivity contribution is -0.118. The van der Waals surface area contributed by atoms with E-state index in [-0.39, 0.29) is 12.5 Å². The second-order valence-electron chi connectivity index (χ2n) is 6.99. The standard InChI is InChI=1S/C19H30N4O2/c1-5-9-20-19(25)22-18(24)10-21-17-8-6-7-15-11-23(12-16(15)17)14(4)13(2)3/h6-8,13-14,21H,5,9-12H2,1-4H3,(H2,20,22,24,25). The molecule has 1 aliphatic rings. The fourth-order valence-electron chi connectivity index (χ4n) is 2.95. The summed E-state index contributed by atoms with van der Waals surface area (Å²) in [5.41, 5.74) is 3.52. The first kappa shape index (κ1) is 19.2. The van der Waals surface area contributed by atoms with Gasteiger partial charge in [0.2, 0.25) is 5.91 Å². The van der Waals surface area contributed by atoms with Crippen LogP contribution in [0.15, 0.2) is 18.2 Å². The largest absolute Gasteiger partial charge is 0.376 e. The third kappa shape index (κ3) is 5.19. The number of hydrogen-bond donors (Lipinski definition) is 3. The summed E-state index contributed by atoms with van der Waals surface area (Å²) in [6.07, 6.45) is 0.835. The lowest BCUT2D eigenvalue weighted by atomic mass is 10.1. The van der Waals surface area contributed by atoms with Crippen molar-refractivity contribution in [1.82, 2.24) is 15.5 Å². The first-order valence-corrected chi connectivity index (χ1v) is 9.08. The van der Waals surface area contributed by atoms with Crippen molar-refractivity contribution in [2.24, 2.45) is 5.92 Å². The van der Waals surface area contributed by atoms with Crippen molar-refractivity contribution in [2.45, 2.75) is 53.2 Å². The minimum atomic E-state index is -0.441. The molecule has 1 aromatic carbocycles. The molecule has 3 amide bonds. The van der Waals surface area contributed by atoms with Gasteiger partial charge in [-0.1, -0.05) is 32.9 Å². The van der Waals surface area contributed by atoms with E-state index in [2.05, 4.69) is 47.7 Å². The van der Waals surface area contributed by atoms with Crippen molar-refractivity contribution in [1.29, 1.82) is 0 Å². The molecule has 0 spiro atoms. The van der Waals surface area contributed by atoms with Crippen LogP contribution in [0.4, 0.5) is 10.5 Å². The molecule has 6 nitrogen and oxygen atoms in total. The van der Waals surface area contributed by atoms with Gasteiger partial charge in [0.15, 0.2) is 0 Å². The average Bonchev–Trinajstić information content (AvgIpc) is 3.01. The molecule has 1 atom stereocenters. The molecule has 6 heteroatoms. The summed E-state index contributed by atoms with van der Waals surface area (Å²) in [4.78, 5) is 25.9. The van der Waals surface area contributed by atoms with Crippen molar-refractivity contribution < 1.29 is 9.59 Å². The Morgan fingerprint density at radius 1 is 1.20 bits per heavy atom. The second-order valence-corrected chi connectivity index (χ2v) is 6.99. The summed E-state index contributed by atoms with van der Waals surface area (Å²) >= 11 is 0. The topological polar surface area (TPSA) is 73.5 Å². The van der Waals surface area contributed by atoms with Gasteiger partial charge in [-0.15, -0.1) is 0 Å². The molecule has 25 heavy (non-hydrogen) atoms. The zero-order valence-corrected chi connectivity index (χ0v) is 15.7. The van der Waals surface area contributed by atoms with Crippen molar-refractivity contribution in [3.05, 3.63) is 29.3 Å². The van der Waals surface area contributed by atoms with Crippen LogP contribution in [0.5, 0.6) is 0 Å². The van der Waals surface area contributed by atoms with Crippen LogP contribution >= 0.6 is 0 Å². The number of benzene rings is 1. The normalized spacial score (nSPS) is 14.9. The summed E-state index contributed by atoms with van der Waals surface area (Å²) in [7, 11) is 0. The van der Waals surface area contributed by atoms with Gasteiger partial charge in [0.25, 0.3) is 0 Å². The maximum Gasteiger partial charge on any atom is 0.321 e. The molecule has 0 aliphatic carbocycles. The van der Waals surface area contributed by atoms with Gasteiger partial charge < -0.3 is 10.6 Å². The quantitative estimate of drug-likeness (QED) is 0.710. The third-order valence-electron chi connectivity index (χ3n) is 4.78. The van der Waals surface area contributed by atoms with Crippen LogP contribution in [0.25, 0.3) is 0 Å². The number of hydrogen-bond acceptors (Lipinski definition) is 4. The molecule has 1 unspecified atom stereocenters. The molecule has 0 saturated carbocycles. The minimum absolute atomic E-state index is 0.0791. The van der Waals surface area contributed by atoms with Crippen LogP contribution in [0.2, 0.25) is 0 Å². The van der Waals surface area contributed by atoms with E-state index in [1.807, 2.05) is 19.1 Å². The van der Waals surface area contributed by atoms with Crippen LogP contribution in [-0.2, 0) is 17.9 Å². The number of carbonyl (C=O) groups is 2. The highest BCUT2D eigenvalue weighted by atomic mass is 16.2. The van der Waals surface area contributed by atoms with E-state index >= 15 is 0 Å². The van der Waals surface area contributed by atoms with Gasteiger partial charge in [-0.2, -0.15) is 0 Å². The number of amides is 3.